The normalized spacial score (nSPS) is 29.1. The van der Waals surface area contributed by atoms with Gasteiger partial charge in [-0.2, -0.15) is 0 Å². The minimum absolute atomic E-state index is 0.125. The Bertz CT molecular complexity index is 430. The smallest absolute Gasteiger partial charge is 0.157 e. The van der Waals surface area contributed by atoms with E-state index in [-0.39, 0.29) is 5.78 Å². The van der Waals surface area contributed by atoms with Crippen molar-refractivity contribution in [3.05, 3.63) is 29.8 Å². The predicted molar refractivity (Wildman–Crippen MR) is 66.9 cm³/mol. The first-order valence-corrected chi connectivity index (χ1v) is 6.03. The minimum Gasteiger partial charge on any atom is -0.496 e. The van der Waals surface area contributed by atoms with Crippen LogP contribution in [0.5, 0.6) is 5.75 Å². The van der Waals surface area contributed by atoms with Crippen LogP contribution in [0.25, 0.3) is 0 Å². The van der Waals surface area contributed by atoms with Crippen molar-refractivity contribution in [2.75, 3.05) is 7.11 Å². The van der Waals surface area contributed by atoms with Crippen LogP contribution in [0.1, 0.15) is 31.7 Å². The number of carbonyl (C=O) groups excluding carboxylic acids is 1. The molecule has 1 aromatic rings. The van der Waals surface area contributed by atoms with Gasteiger partial charge in [0.2, 0.25) is 0 Å². The first-order valence-electron chi connectivity index (χ1n) is 6.03. The lowest BCUT2D eigenvalue weighted by Crippen LogP contribution is -2.49. The van der Waals surface area contributed by atoms with Gasteiger partial charge in [-0.1, -0.05) is 25.1 Å². The standard InChI is InChI=1S/C14H19NO2/c1-10-7-8-13(16)14(15,9-10)11-5-3-4-6-12(11)17-2/h3-6,10H,7-9,15H2,1-2H3/t10-,14+/m1/s1. The lowest BCUT2D eigenvalue weighted by molar-refractivity contribution is -0.127. The van der Waals surface area contributed by atoms with Crippen molar-refractivity contribution in [1.29, 1.82) is 0 Å². The van der Waals surface area contributed by atoms with Gasteiger partial charge < -0.3 is 10.5 Å². The maximum absolute atomic E-state index is 12.1. The third-order valence-corrected chi connectivity index (χ3v) is 3.62. The Morgan fingerprint density at radius 2 is 2.12 bits per heavy atom. The number of ether oxygens (including phenoxy) is 1. The molecule has 3 heteroatoms. The van der Waals surface area contributed by atoms with E-state index in [9.17, 15) is 4.79 Å². The van der Waals surface area contributed by atoms with E-state index in [0.717, 1.165) is 12.0 Å². The molecule has 1 saturated carbocycles. The van der Waals surface area contributed by atoms with Gasteiger partial charge in [0.1, 0.15) is 11.3 Å². The quantitative estimate of drug-likeness (QED) is 0.852. The molecular formula is C14H19NO2. The van der Waals surface area contributed by atoms with Crippen molar-refractivity contribution in [3.63, 3.8) is 0 Å². The van der Waals surface area contributed by atoms with Crippen LogP contribution in [0.3, 0.4) is 0 Å². The third kappa shape index (κ3) is 2.07. The molecule has 0 saturated heterocycles. The summed E-state index contributed by atoms with van der Waals surface area (Å²) in [5.74, 6) is 1.31. The second kappa shape index (κ2) is 4.49. The van der Waals surface area contributed by atoms with E-state index in [1.54, 1.807) is 7.11 Å². The fraction of sp³-hybridized carbons (Fsp3) is 0.500. The zero-order valence-corrected chi connectivity index (χ0v) is 10.4. The van der Waals surface area contributed by atoms with Gasteiger partial charge >= 0.3 is 0 Å². The molecule has 2 atom stereocenters. The summed E-state index contributed by atoms with van der Waals surface area (Å²) in [6, 6.07) is 7.55. The Morgan fingerprint density at radius 3 is 2.82 bits per heavy atom. The molecule has 1 aliphatic carbocycles. The summed E-state index contributed by atoms with van der Waals surface area (Å²) in [6.07, 6.45) is 2.20. The first-order chi connectivity index (χ1) is 8.08. The van der Waals surface area contributed by atoms with E-state index in [2.05, 4.69) is 6.92 Å². The molecule has 2 rings (SSSR count). The molecule has 0 amide bonds. The van der Waals surface area contributed by atoms with Gasteiger partial charge in [0, 0.05) is 12.0 Å². The highest BCUT2D eigenvalue weighted by atomic mass is 16.5. The number of nitrogens with two attached hydrogens (primary N) is 1. The molecule has 0 bridgehead atoms. The number of benzene rings is 1. The molecular weight excluding hydrogens is 214 g/mol. The Labute approximate surface area is 102 Å². The Morgan fingerprint density at radius 1 is 1.41 bits per heavy atom. The maximum atomic E-state index is 12.1. The number of hydrogen-bond donors (Lipinski definition) is 1. The number of ketones is 1. The van der Waals surface area contributed by atoms with Crippen LogP contribution >= 0.6 is 0 Å². The summed E-state index contributed by atoms with van der Waals surface area (Å²) in [5.41, 5.74) is 6.31. The molecule has 0 heterocycles. The molecule has 0 aliphatic heterocycles. The largest absolute Gasteiger partial charge is 0.496 e. The molecule has 0 spiro atoms. The average Bonchev–Trinajstić information content (AvgIpc) is 2.34. The number of carbonyl (C=O) groups is 1. The summed E-state index contributed by atoms with van der Waals surface area (Å²) in [6.45, 7) is 2.14. The average molecular weight is 233 g/mol. The molecule has 1 fully saturated rings. The summed E-state index contributed by atoms with van der Waals surface area (Å²) in [5, 5.41) is 0. The highest BCUT2D eigenvalue weighted by Gasteiger charge is 2.41. The van der Waals surface area contributed by atoms with Gasteiger partial charge in [-0.05, 0) is 24.8 Å². The van der Waals surface area contributed by atoms with Gasteiger partial charge in [-0.15, -0.1) is 0 Å². The molecule has 1 aromatic carbocycles. The molecule has 1 aliphatic rings. The number of para-hydroxylation sites is 1. The van der Waals surface area contributed by atoms with Crippen molar-refractivity contribution in [2.45, 2.75) is 31.7 Å². The van der Waals surface area contributed by atoms with Gasteiger partial charge in [0.05, 0.1) is 7.11 Å². The van der Waals surface area contributed by atoms with Crippen LogP contribution in [0.2, 0.25) is 0 Å². The first kappa shape index (κ1) is 12.1. The highest BCUT2D eigenvalue weighted by Crippen LogP contribution is 2.39. The summed E-state index contributed by atoms with van der Waals surface area (Å²) < 4.78 is 5.32. The van der Waals surface area contributed by atoms with Gasteiger partial charge in [-0.25, -0.2) is 0 Å². The van der Waals surface area contributed by atoms with Crippen LogP contribution in [0.4, 0.5) is 0 Å². The number of methoxy groups -OCH3 is 1. The lowest BCUT2D eigenvalue weighted by Gasteiger charge is -2.36. The predicted octanol–water partition coefficient (Wildman–Crippen LogP) is 2.24. The monoisotopic (exact) mass is 233 g/mol. The van der Waals surface area contributed by atoms with E-state index in [0.29, 0.717) is 24.5 Å². The second-order valence-corrected chi connectivity index (χ2v) is 4.94. The van der Waals surface area contributed by atoms with E-state index < -0.39 is 5.54 Å². The Hall–Kier alpha value is -1.35. The van der Waals surface area contributed by atoms with Crippen LogP contribution in [-0.2, 0) is 10.3 Å². The van der Waals surface area contributed by atoms with Crippen molar-refractivity contribution < 1.29 is 9.53 Å². The van der Waals surface area contributed by atoms with Gasteiger partial charge in [0.25, 0.3) is 0 Å². The highest BCUT2D eigenvalue weighted by molar-refractivity contribution is 5.90. The third-order valence-electron chi connectivity index (χ3n) is 3.62. The van der Waals surface area contributed by atoms with Crippen molar-refractivity contribution in [1.82, 2.24) is 0 Å². The van der Waals surface area contributed by atoms with E-state index in [1.165, 1.54) is 0 Å². The fourth-order valence-corrected chi connectivity index (χ4v) is 2.64. The molecule has 0 radical (unpaired) electrons. The summed E-state index contributed by atoms with van der Waals surface area (Å²) in [7, 11) is 1.61. The van der Waals surface area contributed by atoms with Crippen molar-refractivity contribution in [3.8, 4) is 5.75 Å². The summed E-state index contributed by atoms with van der Waals surface area (Å²) >= 11 is 0. The minimum atomic E-state index is -0.871. The molecule has 0 unspecified atom stereocenters. The molecule has 92 valence electrons. The number of Topliss-reactive ketones (excluding diaryl/α,β-unsaturated/α-hetero) is 1. The number of hydrogen-bond acceptors (Lipinski definition) is 3. The Balaban J connectivity index is 2.45. The molecule has 2 N–H and O–H groups in total. The fourth-order valence-electron chi connectivity index (χ4n) is 2.64. The zero-order valence-electron chi connectivity index (χ0n) is 10.4. The van der Waals surface area contributed by atoms with Crippen LogP contribution < -0.4 is 10.5 Å². The van der Waals surface area contributed by atoms with Crippen molar-refractivity contribution >= 4 is 5.78 Å². The van der Waals surface area contributed by atoms with E-state index in [4.69, 9.17) is 10.5 Å². The maximum Gasteiger partial charge on any atom is 0.157 e. The second-order valence-electron chi connectivity index (χ2n) is 4.94. The van der Waals surface area contributed by atoms with Gasteiger partial charge in [-0.3, -0.25) is 4.79 Å². The van der Waals surface area contributed by atoms with Crippen LogP contribution in [-0.4, -0.2) is 12.9 Å². The van der Waals surface area contributed by atoms with E-state index >= 15 is 0 Å². The van der Waals surface area contributed by atoms with Crippen LogP contribution in [0, 0.1) is 5.92 Å². The lowest BCUT2D eigenvalue weighted by atomic mass is 9.72. The topological polar surface area (TPSA) is 52.3 Å². The zero-order chi connectivity index (χ0) is 12.5. The SMILES string of the molecule is COc1ccccc1[C@@]1(N)C[C@H](C)CCC1=O. The van der Waals surface area contributed by atoms with Gasteiger partial charge in [0.15, 0.2) is 5.78 Å². The summed E-state index contributed by atoms with van der Waals surface area (Å²) in [4.78, 5) is 12.1. The van der Waals surface area contributed by atoms with Crippen LogP contribution in [0.15, 0.2) is 24.3 Å². The number of rotatable bonds is 2. The molecule has 17 heavy (non-hydrogen) atoms. The Kier molecular flexibility index (Phi) is 3.20. The van der Waals surface area contributed by atoms with Crippen molar-refractivity contribution in [2.24, 2.45) is 11.7 Å². The molecule has 3 nitrogen and oxygen atoms in total. The van der Waals surface area contributed by atoms with E-state index in [1.807, 2.05) is 24.3 Å². The molecule has 0 aromatic heterocycles.